The molecule has 0 aliphatic rings. The predicted octanol–water partition coefficient (Wildman–Crippen LogP) is 2.38. The highest BCUT2D eigenvalue weighted by molar-refractivity contribution is 5.98. The molecular formula is C15H20O6. The van der Waals surface area contributed by atoms with Crippen molar-refractivity contribution in [3.8, 4) is 11.5 Å². The van der Waals surface area contributed by atoms with Crippen LogP contribution in [-0.4, -0.2) is 36.4 Å². The lowest BCUT2D eigenvalue weighted by atomic mass is 9.77. The predicted molar refractivity (Wildman–Crippen MR) is 76.6 cm³/mol. The van der Waals surface area contributed by atoms with E-state index in [-0.39, 0.29) is 16.9 Å². The molecule has 116 valence electrons. The van der Waals surface area contributed by atoms with Crippen molar-refractivity contribution in [2.24, 2.45) is 0 Å². The molecule has 0 aliphatic heterocycles. The van der Waals surface area contributed by atoms with E-state index in [1.165, 1.54) is 28.1 Å². The molecule has 0 bridgehead atoms. The number of benzene rings is 1. The van der Waals surface area contributed by atoms with Crippen LogP contribution in [0.25, 0.3) is 0 Å². The molecule has 0 unspecified atom stereocenters. The van der Waals surface area contributed by atoms with E-state index in [9.17, 15) is 19.8 Å². The zero-order valence-electron chi connectivity index (χ0n) is 13.0. The van der Waals surface area contributed by atoms with Gasteiger partial charge in [0.25, 0.3) is 0 Å². The highest BCUT2D eigenvalue weighted by Gasteiger charge is 2.39. The number of ether oxygens (including phenoxy) is 2. The summed E-state index contributed by atoms with van der Waals surface area (Å²) in [6.45, 7) is 6.24. The van der Waals surface area contributed by atoms with E-state index in [0.717, 1.165) is 0 Å². The molecule has 0 atom stereocenters. The Balaban J connectivity index is 4.01. The highest BCUT2D eigenvalue weighted by atomic mass is 16.5. The highest BCUT2D eigenvalue weighted by Crippen LogP contribution is 2.43. The number of carboxylic acids is 2. The summed E-state index contributed by atoms with van der Waals surface area (Å²) in [5, 5.41) is 19.0. The number of methoxy groups -OCH3 is 2. The minimum absolute atomic E-state index is 0.120. The first kappa shape index (κ1) is 16.8. The number of carbonyl (C=O) groups is 2. The third-order valence-corrected chi connectivity index (χ3v) is 3.66. The fourth-order valence-corrected chi connectivity index (χ4v) is 2.64. The molecule has 6 nitrogen and oxygen atoms in total. The molecular weight excluding hydrogens is 276 g/mol. The number of rotatable bonds is 5. The summed E-state index contributed by atoms with van der Waals surface area (Å²) in [7, 11) is 2.80. The Kier molecular flexibility index (Phi) is 4.51. The monoisotopic (exact) mass is 296 g/mol. The van der Waals surface area contributed by atoms with E-state index in [0.29, 0.717) is 16.9 Å². The topological polar surface area (TPSA) is 93.1 Å². The van der Waals surface area contributed by atoms with E-state index in [4.69, 9.17) is 9.47 Å². The smallest absolute Gasteiger partial charge is 0.339 e. The van der Waals surface area contributed by atoms with E-state index in [1.54, 1.807) is 13.8 Å². The van der Waals surface area contributed by atoms with Gasteiger partial charge in [0.15, 0.2) is 0 Å². The van der Waals surface area contributed by atoms with E-state index < -0.39 is 17.4 Å². The molecule has 0 aliphatic carbocycles. The van der Waals surface area contributed by atoms with Crippen LogP contribution in [-0.2, 0) is 10.2 Å². The van der Waals surface area contributed by atoms with Gasteiger partial charge in [-0.15, -0.1) is 0 Å². The maximum atomic E-state index is 11.7. The van der Waals surface area contributed by atoms with Gasteiger partial charge in [-0.3, -0.25) is 4.79 Å². The van der Waals surface area contributed by atoms with Gasteiger partial charge in [0, 0.05) is 5.56 Å². The Morgan fingerprint density at radius 1 is 0.952 bits per heavy atom. The lowest BCUT2D eigenvalue weighted by Gasteiger charge is -2.28. The Bertz CT molecular complexity index is 601. The Morgan fingerprint density at radius 2 is 1.43 bits per heavy atom. The maximum Gasteiger partial charge on any atom is 0.339 e. The molecule has 21 heavy (non-hydrogen) atoms. The molecule has 1 aromatic rings. The molecule has 0 spiro atoms. The fourth-order valence-electron chi connectivity index (χ4n) is 2.64. The largest absolute Gasteiger partial charge is 0.496 e. The summed E-state index contributed by atoms with van der Waals surface area (Å²) >= 11 is 0. The minimum atomic E-state index is -1.40. The second-order valence-corrected chi connectivity index (χ2v) is 5.30. The number of aromatic carboxylic acids is 1. The molecule has 6 heteroatoms. The molecule has 0 amide bonds. The van der Waals surface area contributed by atoms with Crippen molar-refractivity contribution in [2.75, 3.05) is 14.2 Å². The van der Waals surface area contributed by atoms with Gasteiger partial charge in [-0.05, 0) is 38.8 Å². The van der Waals surface area contributed by atoms with Crippen LogP contribution in [0.5, 0.6) is 11.5 Å². The van der Waals surface area contributed by atoms with E-state index in [2.05, 4.69) is 0 Å². The minimum Gasteiger partial charge on any atom is -0.496 e. The Hall–Kier alpha value is -2.24. The Labute approximate surface area is 123 Å². The van der Waals surface area contributed by atoms with Crippen LogP contribution in [0.2, 0.25) is 0 Å². The van der Waals surface area contributed by atoms with Gasteiger partial charge in [0.05, 0.1) is 19.6 Å². The second kappa shape index (κ2) is 5.63. The first-order valence-electron chi connectivity index (χ1n) is 6.33. The van der Waals surface area contributed by atoms with Gasteiger partial charge in [-0.25, -0.2) is 4.79 Å². The normalized spacial score (nSPS) is 11.1. The van der Waals surface area contributed by atoms with Crippen molar-refractivity contribution >= 4 is 11.9 Å². The van der Waals surface area contributed by atoms with Gasteiger partial charge in [-0.1, -0.05) is 0 Å². The van der Waals surface area contributed by atoms with Crippen molar-refractivity contribution in [1.82, 2.24) is 0 Å². The molecule has 0 aromatic heterocycles. The van der Waals surface area contributed by atoms with Crippen molar-refractivity contribution in [2.45, 2.75) is 33.1 Å². The van der Waals surface area contributed by atoms with Gasteiger partial charge in [-0.2, -0.15) is 0 Å². The summed E-state index contributed by atoms with van der Waals surface area (Å²) in [5.41, 5.74) is -0.338. The third-order valence-electron chi connectivity index (χ3n) is 3.66. The molecule has 0 radical (unpaired) electrons. The van der Waals surface area contributed by atoms with Crippen LogP contribution >= 0.6 is 0 Å². The zero-order valence-corrected chi connectivity index (χ0v) is 13.0. The first-order chi connectivity index (χ1) is 9.61. The van der Waals surface area contributed by atoms with Crippen LogP contribution < -0.4 is 9.47 Å². The summed E-state index contributed by atoms with van der Waals surface area (Å²) in [6, 6.07) is 0. The average molecular weight is 296 g/mol. The second-order valence-electron chi connectivity index (χ2n) is 5.30. The number of aliphatic carboxylic acids is 1. The van der Waals surface area contributed by atoms with Crippen molar-refractivity contribution in [3.05, 3.63) is 22.3 Å². The van der Waals surface area contributed by atoms with E-state index >= 15 is 0 Å². The van der Waals surface area contributed by atoms with Crippen LogP contribution in [0.15, 0.2) is 0 Å². The van der Waals surface area contributed by atoms with Crippen LogP contribution in [0, 0.1) is 13.8 Å². The molecule has 0 saturated heterocycles. The van der Waals surface area contributed by atoms with Gasteiger partial charge >= 0.3 is 11.9 Å². The lowest BCUT2D eigenvalue weighted by Crippen LogP contribution is -2.32. The Morgan fingerprint density at radius 3 is 1.76 bits per heavy atom. The first-order valence-corrected chi connectivity index (χ1v) is 6.33. The summed E-state index contributed by atoms with van der Waals surface area (Å²) in [5.74, 6) is -1.80. The molecule has 0 fully saturated rings. The van der Waals surface area contributed by atoms with Crippen molar-refractivity contribution in [1.29, 1.82) is 0 Å². The zero-order chi connectivity index (χ0) is 16.5. The van der Waals surface area contributed by atoms with Crippen molar-refractivity contribution in [3.63, 3.8) is 0 Å². The van der Waals surface area contributed by atoms with Crippen LogP contribution in [0.3, 0.4) is 0 Å². The summed E-state index contributed by atoms with van der Waals surface area (Å²) in [4.78, 5) is 23.2. The van der Waals surface area contributed by atoms with Crippen LogP contribution in [0.1, 0.15) is 40.9 Å². The lowest BCUT2D eigenvalue weighted by molar-refractivity contribution is -0.142. The average Bonchev–Trinajstić information content (AvgIpc) is 2.37. The maximum absolute atomic E-state index is 11.7. The number of hydrogen-bond donors (Lipinski definition) is 2. The fraction of sp³-hybridized carbons (Fsp3) is 0.467. The molecule has 0 heterocycles. The van der Waals surface area contributed by atoms with Crippen LogP contribution in [0.4, 0.5) is 0 Å². The van der Waals surface area contributed by atoms with Gasteiger partial charge in [0.2, 0.25) is 0 Å². The van der Waals surface area contributed by atoms with Gasteiger partial charge in [0.1, 0.15) is 17.1 Å². The quantitative estimate of drug-likeness (QED) is 0.866. The number of hydrogen-bond acceptors (Lipinski definition) is 4. The molecule has 1 aromatic carbocycles. The summed E-state index contributed by atoms with van der Waals surface area (Å²) < 4.78 is 10.5. The standard InChI is InChI=1S/C15H20O6/c1-7-10(15(3,4)14(18)19)9(13(16)17)12(21-6)8(2)11(7)20-5/h1-6H3,(H,16,17)(H,18,19). The molecule has 0 saturated carbocycles. The molecule has 2 N–H and O–H groups in total. The van der Waals surface area contributed by atoms with E-state index in [1.807, 2.05) is 0 Å². The molecule has 1 rings (SSSR count). The SMILES string of the molecule is COc1c(C)c(OC)c(C(=O)O)c(C(C)(C)C(=O)O)c1C. The van der Waals surface area contributed by atoms with Crippen molar-refractivity contribution < 1.29 is 29.3 Å². The third kappa shape index (κ3) is 2.53. The number of carboxylic acid groups (broad SMARTS) is 2. The van der Waals surface area contributed by atoms with Gasteiger partial charge < -0.3 is 19.7 Å². The summed E-state index contributed by atoms with van der Waals surface area (Å²) in [6.07, 6.45) is 0.